The molecule has 8 heteroatoms. The maximum Gasteiger partial charge on any atom is 0.303 e. The predicted molar refractivity (Wildman–Crippen MR) is 101 cm³/mol. The molecule has 0 saturated carbocycles. The highest BCUT2D eigenvalue weighted by atomic mass is 32.1. The van der Waals surface area contributed by atoms with Gasteiger partial charge < -0.3 is 15.2 Å². The molecule has 27 heavy (non-hydrogen) atoms. The van der Waals surface area contributed by atoms with Crippen molar-refractivity contribution in [1.82, 2.24) is 10.2 Å². The van der Waals surface area contributed by atoms with E-state index in [0.29, 0.717) is 23.1 Å². The van der Waals surface area contributed by atoms with Crippen LogP contribution in [0.4, 0.5) is 5.69 Å². The minimum Gasteiger partial charge on any atom is -0.489 e. The Kier molecular flexibility index (Phi) is 6.11. The molecule has 1 heterocycles. The first-order chi connectivity index (χ1) is 13.1. The second-order valence-corrected chi connectivity index (χ2v) is 6.71. The summed E-state index contributed by atoms with van der Waals surface area (Å²) >= 11 is 1.09. The Bertz CT molecular complexity index is 910. The topological polar surface area (TPSA) is 101 Å². The molecule has 0 spiro atoms. The molecule has 1 aromatic heterocycles. The fourth-order valence-electron chi connectivity index (χ4n) is 2.22. The molecule has 0 aliphatic heterocycles. The van der Waals surface area contributed by atoms with Gasteiger partial charge in [0.25, 0.3) is 5.91 Å². The van der Waals surface area contributed by atoms with Gasteiger partial charge in [0.1, 0.15) is 17.4 Å². The summed E-state index contributed by atoms with van der Waals surface area (Å²) in [4.78, 5) is 22.8. The average Bonchev–Trinajstić information content (AvgIpc) is 3.16. The number of amides is 1. The number of carboxylic acid groups (broad SMARTS) is 1. The molecule has 3 aromatic rings. The fourth-order valence-corrected chi connectivity index (χ4v) is 2.95. The van der Waals surface area contributed by atoms with Crippen LogP contribution in [0, 0.1) is 0 Å². The minimum atomic E-state index is -0.911. The molecule has 2 N–H and O–H groups in total. The standard InChI is InChI=1S/C19H17N3O4S/c23-17(24)11-10-16-21-22-19(27-16)18(25)20-14-6-8-15(9-7-14)26-12-13-4-2-1-3-5-13/h1-9H,10-12H2,(H,20,25)(H,23,24). The summed E-state index contributed by atoms with van der Waals surface area (Å²) in [6.45, 7) is 0.469. The van der Waals surface area contributed by atoms with Crippen LogP contribution in [0.5, 0.6) is 5.75 Å². The van der Waals surface area contributed by atoms with Gasteiger partial charge in [-0.05, 0) is 29.8 Å². The zero-order chi connectivity index (χ0) is 19.1. The highest BCUT2D eigenvalue weighted by Crippen LogP contribution is 2.19. The van der Waals surface area contributed by atoms with E-state index >= 15 is 0 Å². The third-order valence-corrected chi connectivity index (χ3v) is 4.56. The first-order valence-corrected chi connectivity index (χ1v) is 9.04. The molecule has 0 aliphatic rings. The first kappa shape index (κ1) is 18.5. The van der Waals surface area contributed by atoms with Gasteiger partial charge in [-0.25, -0.2) is 0 Å². The zero-order valence-electron chi connectivity index (χ0n) is 14.3. The van der Waals surface area contributed by atoms with Crippen LogP contribution in [0.3, 0.4) is 0 Å². The van der Waals surface area contributed by atoms with E-state index in [1.807, 2.05) is 30.3 Å². The highest BCUT2D eigenvalue weighted by Gasteiger charge is 2.14. The molecule has 0 fully saturated rings. The number of hydrogen-bond donors (Lipinski definition) is 2. The van der Waals surface area contributed by atoms with Crippen LogP contribution in [0.15, 0.2) is 54.6 Å². The van der Waals surface area contributed by atoms with Gasteiger partial charge >= 0.3 is 5.97 Å². The summed E-state index contributed by atoms with van der Waals surface area (Å²) in [5, 5.41) is 19.8. The molecular weight excluding hydrogens is 366 g/mol. The lowest BCUT2D eigenvalue weighted by atomic mass is 10.2. The van der Waals surface area contributed by atoms with E-state index in [-0.39, 0.29) is 23.8 Å². The van der Waals surface area contributed by atoms with E-state index in [2.05, 4.69) is 15.5 Å². The molecule has 0 aliphatic carbocycles. The van der Waals surface area contributed by atoms with Gasteiger partial charge in [-0.15, -0.1) is 10.2 Å². The van der Waals surface area contributed by atoms with Crippen molar-refractivity contribution < 1.29 is 19.4 Å². The van der Waals surface area contributed by atoms with E-state index in [1.165, 1.54) is 0 Å². The van der Waals surface area contributed by atoms with E-state index in [1.54, 1.807) is 24.3 Å². The normalized spacial score (nSPS) is 10.4. The second kappa shape index (κ2) is 8.91. The molecule has 138 valence electrons. The predicted octanol–water partition coefficient (Wildman–Crippen LogP) is 3.39. The van der Waals surface area contributed by atoms with Gasteiger partial charge in [0.15, 0.2) is 0 Å². The number of carbonyl (C=O) groups is 2. The van der Waals surface area contributed by atoms with Gasteiger partial charge in [0.2, 0.25) is 5.01 Å². The summed E-state index contributed by atoms with van der Waals surface area (Å²) < 4.78 is 5.71. The molecule has 2 aromatic carbocycles. The summed E-state index contributed by atoms with van der Waals surface area (Å²) in [6.07, 6.45) is 0.217. The number of anilines is 1. The summed E-state index contributed by atoms with van der Waals surface area (Å²) in [5.74, 6) is -0.596. The van der Waals surface area contributed by atoms with Crippen LogP contribution in [0.25, 0.3) is 0 Å². The van der Waals surface area contributed by atoms with Crippen LogP contribution >= 0.6 is 11.3 Å². The lowest BCUT2D eigenvalue weighted by molar-refractivity contribution is -0.136. The zero-order valence-corrected chi connectivity index (χ0v) is 15.1. The van der Waals surface area contributed by atoms with E-state index in [4.69, 9.17) is 9.84 Å². The van der Waals surface area contributed by atoms with Gasteiger partial charge in [-0.3, -0.25) is 9.59 Å². The molecule has 0 atom stereocenters. The van der Waals surface area contributed by atoms with Crippen LogP contribution < -0.4 is 10.1 Å². The summed E-state index contributed by atoms with van der Waals surface area (Å²) in [6, 6.07) is 16.9. The van der Waals surface area contributed by atoms with Crippen molar-refractivity contribution in [3.63, 3.8) is 0 Å². The molecule has 1 amide bonds. The fraction of sp³-hybridized carbons (Fsp3) is 0.158. The maximum atomic E-state index is 12.2. The monoisotopic (exact) mass is 383 g/mol. The second-order valence-electron chi connectivity index (χ2n) is 5.65. The van der Waals surface area contributed by atoms with Gasteiger partial charge in [0.05, 0.1) is 6.42 Å². The van der Waals surface area contributed by atoms with Crippen LogP contribution in [0.1, 0.15) is 26.8 Å². The van der Waals surface area contributed by atoms with Crippen molar-refractivity contribution in [1.29, 1.82) is 0 Å². The van der Waals surface area contributed by atoms with E-state index in [9.17, 15) is 9.59 Å². The Morgan fingerprint density at radius 1 is 1.04 bits per heavy atom. The SMILES string of the molecule is O=C(O)CCc1nnc(C(=O)Nc2ccc(OCc3ccccc3)cc2)s1. The van der Waals surface area contributed by atoms with Crippen molar-refractivity contribution in [2.24, 2.45) is 0 Å². The molecule has 0 radical (unpaired) electrons. The molecule has 3 rings (SSSR count). The first-order valence-electron chi connectivity index (χ1n) is 8.22. The van der Waals surface area contributed by atoms with Gasteiger partial charge in [0, 0.05) is 12.1 Å². The lowest BCUT2D eigenvalue weighted by Crippen LogP contribution is -2.11. The number of carboxylic acids is 1. The Labute approximate surface area is 159 Å². The smallest absolute Gasteiger partial charge is 0.303 e. The lowest BCUT2D eigenvalue weighted by Gasteiger charge is -2.07. The largest absolute Gasteiger partial charge is 0.489 e. The number of nitrogens with one attached hydrogen (secondary N) is 1. The van der Waals surface area contributed by atoms with E-state index < -0.39 is 5.97 Å². The average molecular weight is 383 g/mol. The van der Waals surface area contributed by atoms with Crippen molar-refractivity contribution >= 4 is 28.9 Å². The number of aryl methyl sites for hydroxylation is 1. The van der Waals surface area contributed by atoms with Crippen LogP contribution in [-0.2, 0) is 17.8 Å². The molecule has 0 saturated heterocycles. The van der Waals surface area contributed by atoms with Crippen molar-refractivity contribution in [2.75, 3.05) is 5.32 Å². The Hall–Kier alpha value is -3.26. The molecule has 7 nitrogen and oxygen atoms in total. The Balaban J connectivity index is 1.53. The van der Waals surface area contributed by atoms with Crippen LogP contribution in [-0.4, -0.2) is 27.2 Å². The summed E-state index contributed by atoms with van der Waals surface area (Å²) in [7, 11) is 0. The highest BCUT2D eigenvalue weighted by molar-refractivity contribution is 7.13. The number of carbonyl (C=O) groups excluding carboxylic acids is 1. The van der Waals surface area contributed by atoms with Gasteiger partial charge in [-0.2, -0.15) is 0 Å². The number of aliphatic carboxylic acids is 1. The third kappa shape index (κ3) is 5.61. The third-order valence-electron chi connectivity index (χ3n) is 3.57. The van der Waals surface area contributed by atoms with Gasteiger partial charge in [-0.1, -0.05) is 41.7 Å². The number of benzene rings is 2. The van der Waals surface area contributed by atoms with Crippen molar-refractivity contribution in [3.05, 3.63) is 70.2 Å². The molecular formula is C19H17N3O4S. The number of aromatic nitrogens is 2. The number of rotatable bonds is 8. The quantitative estimate of drug-likeness (QED) is 0.618. The Morgan fingerprint density at radius 2 is 1.78 bits per heavy atom. The molecule has 0 unspecified atom stereocenters. The Morgan fingerprint density at radius 3 is 2.48 bits per heavy atom. The van der Waals surface area contributed by atoms with Crippen molar-refractivity contribution in [3.8, 4) is 5.75 Å². The van der Waals surface area contributed by atoms with Crippen molar-refractivity contribution in [2.45, 2.75) is 19.4 Å². The molecule has 0 bridgehead atoms. The maximum absolute atomic E-state index is 12.2. The number of hydrogen-bond acceptors (Lipinski definition) is 6. The number of ether oxygens (including phenoxy) is 1. The summed E-state index contributed by atoms with van der Waals surface area (Å²) in [5.41, 5.74) is 1.68. The van der Waals surface area contributed by atoms with Crippen LogP contribution in [0.2, 0.25) is 0 Å². The minimum absolute atomic E-state index is 0.0410. The number of nitrogens with zero attached hydrogens (tertiary/aromatic N) is 2. The van der Waals surface area contributed by atoms with E-state index in [0.717, 1.165) is 16.9 Å².